The maximum Gasteiger partial charge on any atom is 0.163 e. The van der Waals surface area contributed by atoms with Crippen molar-refractivity contribution in [3.05, 3.63) is 42.1 Å². The van der Waals surface area contributed by atoms with Crippen molar-refractivity contribution in [1.82, 2.24) is 19.7 Å². The minimum Gasteiger partial charge on any atom is -0.308 e. The number of hydrogen-bond donors (Lipinski definition) is 2. The van der Waals surface area contributed by atoms with E-state index in [4.69, 9.17) is 5.84 Å². The first-order valence-electron chi connectivity index (χ1n) is 6.21. The van der Waals surface area contributed by atoms with E-state index < -0.39 is 0 Å². The minimum absolute atomic E-state index is 0.257. The van der Waals surface area contributed by atoms with Gasteiger partial charge in [-0.05, 0) is 18.2 Å². The second-order valence-electron chi connectivity index (χ2n) is 4.38. The van der Waals surface area contributed by atoms with E-state index in [0.29, 0.717) is 23.0 Å². The van der Waals surface area contributed by atoms with Crippen LogP contribution in [0, 0.1) is 5.82 Å². The number of hydrogen-bond acceptors (Lipinski definition) is 6. The maximum atomic E-state index is 13.1. The van der Waals surface area contributed by atoms with Crippen LogP contribution in [0.5, 0.6) is 0 Å². The summed E-state index contributed by atoms with van der Waals surface area (Å²) in [5.41, 5.74) is 3.26. The molecule has 21 heavy (non-hydrogen) atoms. The third-order valence-electron chi connectivity index (χ3n) is 2.94. The van der Waals surface area contributed by atoms with Crippen LogP contribution in [0.4, 0.5) is 10.2 Å². The Labute approximate surface area is 124 Å². The van der Waals surface area contributed by atoms with Crippen molar-refractivity contribution in [2.75, 3.05) is 5.43 Å². The van der Waals surface area contributed by atoms with Crippen LogP contribution in [0.3, 0.4) is 0 Å². The number of halogens is 1. The van der Waals surface area contributed by atoms with E-state index in [2.05, 4.69) is 20.5 Å². The van der Waals surface area contributed by atoms with Gasteiger partial charge in [0.25, 0.3) is 0 Å². The van der Waals surface area contributed by atoms with Crippen LogP contribution in [0.15, 0.2) is 35.4 Å². The number of nitrogens with one attached hydrogen (secondary N) is 1. The molecule has 3 rings (SSSR count). The standard InChI is InChI=1S/C13H13FN6S/c1-20-13-10(6-16-20)12(19-15)17-11(18-13)7-21-9-4-2-3-8(14)5-9/h2-6H,7,15H2,1H3,(H,17,18,19). The summed E-state index contributed by atoms with van der Waals surface area (Å²) in [4.78, 5) is 9.64. The van der Waals surface area contributed by atoms with Crippen molar-refractivity contribution in [2.45, 2.75) is 10.6 Å². The molecule has 0 saturated heterocycles. The highest BCUT2D eigenvalue weighted by Crippen LogP contribution is 2.24. The van der Waals surface area contributed by atoms with Crippen molar-refractivity contribution in [1.29, 1.82) is 0 Å². The molecular weight excluding hydrogens is 291 g/mol. The fourth-order valence-corrected chi connectivity index (χ4v) is 2.74. The third kappa shape index (κ3) is 2.81. The number of fused-ring (bicyclic) bond motifs is 1. The van der Waals surface area contributed by atoms with Gasteiger partial charge >= 0.3 is 0 Å². The summed E-state index contributed by atoms with van der Waals surface area (Å²) in [6.07, 6.45) is 1.66. The van der Waals surface area contributed by atoms with Crippen molar-refractivity contribution < 1.29 is 4.39 Å². The summed E-state index contributed by atoms with van der Waals surface area (Å²) in [5, 5.41) is 4.90. The Kier molecular flexibility index (Phi) is 3.72. The minimum atomic E-state index is -0.257. The number of nitrogen functional groups attached to an aromatic ring is 1. The number of thioether (sulfide) groups is 1. The lowest BCUT2D eigenvalue weighted by Gasteiger charge is -2.06. The summed E-state index contributed by atoms with van der Waals surface area (Å²) in [6.45, 7) is 0. The molecule has 0 atom stereocenters. The molecule has 0 aliphatic rings. The van der Waals surface area contributed by atoms with Gasteiger partial charge in [-0.2, -0.15) is 5.10 Å². The van der Waals surface area contributed by atoms with E-state index in [0.717, 1.165) is 10.3 Å². The van der Waals surface area contributed by atoms with Gasteiger partial charge in [0.05, 0.1) is 17.3 Å². The van der Waals surface area contributed by atoms with Crippen molar-refractivity contribution >= 4 is 28.6 Å². The lowest BCUT2D eigenvalue weighted by molar-refractivity contribution is 0.624. The Hall–Kier alpha value is -2.19. The van der Waals surface area contributed by atoms with Gasteiger partial charge in [0.15, 0.2) is 11.5 Å². The second-order valence-corrected chi connectivity index (χ2v) is 5.43. The molecular formula is C13H13FN6S. The van der Waals surface area contributed by atoms with Gasteiger partial charge in [0, 0.05) is 11.9 Å². The quantitative estimate of drug-likeness (QED) is 0.436. The molecule has 3 N–H and O–H groups in total. The third-order valence-corrected chi connectivity index (χ3v) is 3.93. The molecule has 0 unspecified atom stereocenters. The average Bonchev–Trinajstić information content (AvgIpc) is 2.86. The molecule has 1 aromatic carbocycles. The number of aryl methyl sites for hydroxylation is 1. The first kappa shape index (κ1) is 13.8. The first-order chi connectivity index (χ1) is 10.2. The molecule has 0 aliphatic carbocycles. The SMILES string of the molecule is Cn1ncc2c(NN)nc(CSc3cccc(F)c3)nc21. The average molecular weight is 304 g/mol. The largest absolute Gasteiger partial charge is 0.308 e. The van der Waals surface area contributed by atoms with Crippen molar-refractivity contribution in [3.8, 4) is 0 Å². The molecule has 0 radical (unpaired) electrons. The predicted octanol–water partition coefficient (Wildman–Crippen LogP) is 2.08. The fraction of sp³-hybridized carbons (Fsp3) is 0.154. The number of nitrogens with zero attached hydrogens (tertiary/aromatic N) is 4. The van der Waals surface area contributed by atoms with Crippen LogP contribution in [0.25, 0.3) is 11.0 Å². The monoisotopic (exact) mass is 304 g/mol. The van der Waals surface area contributed by atoms with Gasteiger partial charge < -0.3 is 5.43 Å². The highest BCUT2D eigenvalue weighted by atomic mass is 32.2. The molecule has 3 aromatic rings. The van der Waals surface area contributed by atoms with Gasteiger partial charge in [0.2, 0.25) is 0 Å². The first-order valence-corrected chi connectivity index (χ1v) is 7.19. The van der Waals surface area contributed by atoms with Crippen molar-refractivity contribution in [2.24, 2.45) is 12.9 Å². The molecule has 2 heterocycles. The number of anilines is 1. The van der Waals surface area contributed by atoms with E-state index in [1.807, 2.05) is 6.07 Å². The molecule has 6 nitrogen and oxygen atoms in total. The Morgan fingerprint density at radius 2 is 2.24 bits per heavy atom. The van der Waals surface area contributed by atoms with Crippen LogP contribution in [-0.4, -0.2) is 19.7 Å². The maximum absolute atomic E-state index is 13.1. The number of benzene rings is 1. The topological polar surface area (TPSA) is 81.7 Å². The molecule has 0 amide bonds. The van der Waals surface area contributed by atoms with E-state index in [-0.39, 0.29) is 5.82 Å². The molecule has 0 fully saturated rings. The Morgan fingerprint density at radius 1 is 1.38 bits per heavy atom. The highest BCUT2D eigenvalue weighted by molar-refractivity contribution is 7.98. The summed E-state index contributed by atoms with van der Waals surface area (Å²) in [5.74, 6) is 6.88. The van der Waals surface area contributed by atoms with Gasteiger partial charge in [-0.1, -0.05) is 6.07 Å². The molecule has 0 aliphatic heterocycles. The van der Waals surface area contributed by atoms with Gasteiger partial charge in [0.1, 0.15) is 11.6 Å². The van der Waals surface area contributed by atoms with E-state index in [1.165, 1.54) is 23.9 Å². The molecule has 0 spiro atoms. The van der Waals surface area contributed by atoms with Crippen LogP contribution in [0.1, 0.15) is 5.82 Å². The van der Waals surface area contributed by atoms with Crippen molar-refractivity contribution in [3.63, 3.8) is 0 Å². The zero-order chi connectivity index (χ0) is 14.8. The summed E-state index contributed by atoms with van der Waals surface area (Å²) >= 11 is 1.46. The normalized spacial score (nSPS) is 11.0. The predicted molar refractivity (Wildman–Crippen MR) is 80.1 cm³/mol. The van der Waals surface area contributed by atoms with E-state index in [9.17, 15) is 4.39 Å². The lowest BCUT2D eigenvalue weighted by atomic mass is 10.4. The number of aromatic nitrogens is 4. The molecule has 0 saturated carbocycles. The van der Waals surface area contributed by atoms with E-state index in [1.54, 1.807) is 24.0 Å². The number of nitrogens with two attached hydrogens (primary N) is 1. The smallest absolute Gasteiger partial charge is 0.163 e. The molecule has 2 aromatic heterocycles. The second kappa shape index (κ2) is 5.66. The zero-order valence-corrected chi connectivity index (χ0v) is 12.1. The zero-order valence-electron chi connectivity index (χ0n) is 11.2. The summed E-state index contributed by atoms with van der Waals surface area (Å²) in [6, 6.07) is 6.42. The number of hydrazine groups is 1. The van der Waals surface area contributed by atoms with Gasteiger partial charge in [-0.25, -0.2) is 20.2 Å². The molecule has 0 bridgehead atoms. The van der Waals surface area contributed by atoms with Crippen LogP contribution < -0.4 is 11.3 Å². The lowest BCUT2D eigenvalue weighted by Crippen LogP contribution is -2.11. The Bertz CT molecular complexity index is 787. The van der Waals surface area contributed by atoms with E-state index >= 15 is 0 Å². The Balaban J connectivity index is 1.88. The fourth-order valence-electron chi connectivity index (χ4n) is 1.95. The highest BCUT2D eigenvalue weighted by Gasteiger charge is 2.11. The van der Waals surface area contributed by atoms with Crippen LogP contribution in [0.2, 0.25) is 0 Å². The summed E-state index contributed by atoms with van der Waals surface area (Å²) < 4.78 is 14.8. The molecule has 108 valence electrons. The molecule has 8 heteroatoms. The number of rotatable bonds is 4. The van der Waals surface area contributed by atoms with Crippen LogP contribution >= 0.6 is 11.8 Å². The van der Waals surface area contributed by atoms with Gasteiger partial charge in [-0.3, -0.25) is 4.68 Å². The van der Waals surface area contributed by atoms with Crippen LogP contribution in [-0.2, 0) is 12.8 Å². The Morgan fingerprint density at radius 3 is 3.00 bits per heavy atom. The van der Waals surface area contributed by atoms with Gasteiger partial charge in [-0.15, -0.1) is 11.8 Å². The summed E-state index contributed by atoms with van der Waals surface area (Å²) in [7, 11) is 1.80.